The number of aryl methyl sites for hydroxylation is 2. The summed E-state index contributed by atoms with van der Waals surface area (Å²) in [5, 5.41) is 0. The summed E-state index contributed by atoms with van der Waals surface area (Å²) < 4.78 is 0. The van der Waals surface area contributed by atoms with Crippen molar-refractivity contribution < 1.29 is 0 Å². The molecule has 0 atom stereocenters. The Balaban J connectivity index is 2.33. The van der Waals surface area contributed by atoms with Crippen LogP contribution in [0.15, 0.2) is 18.2 Å². The molecule has 0 radical (unpaired) electrons. The summed E-state index contributed by atoms with van der Waals surface area (Å²) in [4.78, 5) is 2.42. The normalized spacial score (nSPS) is 16.6. The predicted molar refractivity (Wildman–Crippen MR) is 65.4 cm³/mol. The Kier molecular flexibility index (Phi) is 2.96. The lowest BCUT2D eigenvalue weighted by atomic mass is 9.98. The van der Waals surface area contributed by atoms with E-state index in [0.717, 1.165) is 25.9 Å². The summed E-state index contributed by atoms with van der Waals surface area (Å²) in [5.41, 5.74) is 10.2. The minimum Gasteiger partial charge on any atom is -0.368 e. The van der Waals surface area contributed by atoms with Crippen LogP contribution in [0.2, 0.25) is 0 Å². The molecule has 0 unspecified atom stereocenters. The van der Waals surface area contributed by atoms with E-state index in [9.17, 15) is 0 Å². The predicted octanol–water partition coefficient (Wildman–Crippen LogP) is 1.96. The molecule has 15 heavy (non-hydrogen) atoms. The molecule has 82 valence electrons. The first kappa shape index (κ1) is 10.5. The van der Waals surface area contributed by atoms with Crippen molar-refractivity contribution >= 4 is 5.69 Å². The second-order valence-electron chi connectivity index (χ2n) is 4.30. The van der Waals surface area contributed by atoms with Gasteiger partial charge in [-0.1, -0.05) is 32.0 Å². The second kappa shape index (κ2) is 4.23. The largest absolute Gasteiger partial charge is 0.368 e. The molecule has 1 aromatic rings. The molecule has 0 bridgehead atoms. The van der Waals surface area contributed by atoms with Gasteiger partial charge in [0.05, 0.1) is 0 Å². The van der Waals surface area contributed by atoms with Crippen LogP contribution < -0.4 is 10.6 Å². The molecular formula is C13H20N2. The maximum atomic E-state index is 5.85. The molecular weight excluding hydrogens is 184 g/mol. The van der Waals surface area contributed by atoms with Gasteiger partial charge in [0.2, 0.25) is 0 Å². The molecule has 0 amide bonds. The lowest BCUT2D eigenvalue weighted by Crippen LogP contribution is -2.56. The van der Waals surface area contributed by atoms with Crippen molar-refractivity contribution in [2.45, 2.75) is 32.7 Å². The molecule has 2 N–H and O–H groups in total. The van der Waals surface area contributed by atoms with Crippen LogP contribution >= 0.6 is 0 Å². The van der Waals surface area contributed by atoms with E-state index < -0.39 is 0 Å². The third kappa shape index (κ3) is 1.86. The van der Waals surface area contributed by atoms with E-state index in [1.807, 2.05) is 0 Å². The summed E-state index contributed by atoms with van der Waals surface area (Å²) >= 11 is 0. The molecule has 0 saturated carbocycles. The van der Waals surface area contributed by atoms with E-state index >= 15 is 0 Å². The highest BCUT2D eigenvalue weighted by Gasteiger charge is 2.26. The quantitative estimate of drug-likeness (QED) is 0.815. The number of anilines is 1. The van der Waals surface area contributed by atoms with Crippen LogP contribution in [0.5, 0.6) is 0 Å². The van der Waals surface area contributed by atoms with Crippen LogP contribution in [0.1, 0.15) is 25.0 Å². The van der Waals surface area contributed by atoms with Gasteiger partial charge in [-0.2, -0.15) is 0 Å². The van der Waals surface area contributed by atoms with Gasteiger partial charge >= 0.3 is 0 Å². The van der Waals surface area contributed by atoms with Gasteiger partial charge in [0, 0.05) is 24.8 Å². The Morgan fingerprint density at radius 3 is 2.13 bits per heavy atom. The number of hydrogen-bond donors (Lipinski definition) is 1. The van der Waals surface area contributed by atoms with Crippen LogP contribution in [-0.2, 0) is 12.8 Å². The van der Waals surface area contributed by atoms with Gasteiger partial charge in [-0.25, -0.2) is 0 Å². The van der Waals surface area contributed by atoms with Crippen LogP contribution in [0.4, 0.5) is 5.69 Å². The Morgan fingerprint density at radius 2 is 1.73 bits per heavy atom. The Bertz CT molecular complexity index is 318. The molecule has 1 aromatic carbocycles. The number of nitrogens with zero attached hydrogens (tertiary/aromatic N) is 1. The first-order valence-corrected chi connectivity index (χ1v) is 5.87. The Morgan fingerprint density at radius 1 is 1.20 bits per heavy atom. The maximum Gasteiger partial charge on any atom is 0.0432 e. The number of para-hydroxylation sites is 1. The maximum absolute atomic E-state index is 5.85. The van der Waals surface area contributed by atoms with Crippen molar-refractivity contribution in [1.82, 2.24) is 0 Å². The summed E-state index contributed by atoms with van der Waals surface area (Å²) in [5.74, 6) is 0. The van der Waals surface area contributed by atoms with E-state index in [1.165, 1.54) is 16.8 Å². The van der Waals surface area contributed by atoms with E-state index in [1.54, 1.807) is 0 Å². The number of rotatable bonds is 3. The van der Waals surface area contributed by atoms with Crippen molar-refractivity contribution in [3.05, 3.63) is 29.3 Å². The minimum absolute atomic E-state index is 0.375. The van der Waals surface area contributed by atoms with Crippen LogP contribution in [0.3, 0.4) is 0 Å². The van der Waals surface area contributed by atoms with Crippen LogP contribution in [-0.4, -0.2) is 19.1 Å². The zero-order chi connectivity index (χ0) is 10.8. The highest BCUT2D eigenvalue weighted by molar-refractivity contribution is 5.61. The molecule has 1 aliphatic heterocycles. The highest BCUT2D eigenvalue weighted by atomic mass is 15.2. The standard InChI is InChI=1S/C13H20N2/c1-3-10-6-5-7-11(4-2)13(10)15-8-12(14)9-15/h5-7,12H,3-4,8-9,14H2,1-2H3. The Hall–Kier alpha value is -1.02. The highest BCUT2D eigenvalue weighted by Crippen LogP contribution is 2.29. The SMILES string of the molecule is CCc1cccc(CC)c1N1CC(N)C1. The first-order valence-electron chi connectivity index (χ1n) is 5.87. The van der Waals surface area contributed by atoms with Crippen molar-refractivity contribution in [3.63, 3.8) is 0 Å². The minimum atomic E-state index is 0.375. The molecule has 1 heterocycles. The molecule has 0 aromatic heterocycles. The third-order valence-electron chi connectivity index (χ3n) is 3.19. The number of hydrogen-bond acceptors (Lipinski definition) is 2. The number of nitrogens with two attached hydrogens (primary N) is 1. The molecule has 0 spiro atoms. The van der Waals surface area contributed by atoms with E-state index in [-0.39, 0.29) is 0 Å². The van der Waals surface area contributed by atoms with Crippen molar-refractivity contribution in [2.75, 3.05) is 18.0 Å². The average Bonchev–Trinajstić information content (AvgIpc) is 2.23. The van der Waals surface area contributed by atoms with Crippen molar-refractivity contribution in [2.24, 2.45) is 5.73 Å². The van der Waals surface area contributed by atoms with E-state index in [0.29, 0.717) is 6.04 Å². The van der Waals surface area contributed by atoms with Gasteiger partial charge in [-0.05, 0) is 24.0 Å². The zero-order valence-corrected chi connectivity index (χ0v) is 9.66. The van der Waals surface area contributed by atoms with E-state index in [2.05, 4.69) is 36.9 Å². The molecule has 2 nitrogen and oxygen atoms in total. The van der Waals surface area contributed by atoms with Gasteiger partial charge in [0.15, 0.2) is 0 Å². The first-order chi connectivity index (χ1) is 7.26. The smallest absolute Gasteiger partial charge is 0.0432 e. The topological polar surface area (TPSA) is 29.3 Å². The molecule has 0 aliphatic carbocycles. The third-order valence-corrected chi connectivity index (χ3v) is 3.19. The lowest BCUT2D eigenvalue weighted by Gasteiger charge is -2.41. The molecule has 2 heteroatoms. The Labute approximate surface area is 92.1 Å². The second-order valence-corrected chi connectivity index (χ2v) is 4.30. The van der Waals surface area contributed by atoms with Crippen molar-refractivity contribution in [3.8, 4) is 0 Å². The van der Waals surface area contributed by atoms with Gasteiger partial charge in [-0.15, -0.1) is 0 Å². The zero-order valence-electron chi connectivity index (χ0n) is 9.66. The summed E-state index contributed by atoms with van der Waals surface area (Å²) in [7, 11) is 0. The van der Waals surface area contributed by atoms with Crippen molar-refractivity contribution in [1.29, 1.82) is 0 Å². The fourth-order valence-corrected chi connectivity index (χ4v) is 2.32. The average molecular weight is 204 g/mol. The summed E-state index contributed by atoms with van der Waals surface area (Å²) in [6, 6.07) is 7.01. The molecule has 2 rings (SSSR count). The summed E-state index contributed by atoms with van der Waals surface area (Å²) in [6.45, 7) is 6.48. The fourth-order valence-electron chi connectivity index (χ4n) is 2.32. The van der Waals surface area contributed by atoms with Gasteiger partial charge < -0.3 is 10.6 Å². The molecule has 1 saturated heterocycles. The number of benzene rings is 1. The molecule has 1 fully saturated rings. The van der Waals surface area contributed by atoms with Gasteiger partial charge in [0.25, 0.3) is 0 Å². The summed E-state index contributed by atoms with van der Waals surface area (Å²) in [6.07, 6.45) is 2.21. The fraction of sp³-hybridized carbons (Fsp3) is 0.538. The monoisotopic (exact) mass is 204 g/mol. The van der Waals surface area contributed by atoms with Gasteiger partial charge in [0.1, 0.15) is 0 Å². The van der Waals surface area contributed by atoms with Crippen LogP contribution in [0, 0.1) is 0 Å². The van der Waals surface area contributed by atoms with E-state index in [4.69, 9.17) is 5.73 Å². The lowest BCUT2D eigenvalue weighted by molar-refractivity contribution is 0.516. The van der Waals surface area contributed by atoms with Crippen LogP contribution in [0.25, 0.3) is 0 Å². The van der Waals surface area contributed by atoms with Gasteiger partial charge in [-0.3, -0.25) is 0 Å². The molecule has 1 aliphatic rings.